The summed E-state index contributed by atoms with van der Waals surface area (Å²) in [6, 6.07) is 17.9. The molecule has 0 unspecified atom stereocenters. The van der Waals surface area contributed by atoms with E-state index in [1.807, 2.05) is 49.4 Å². The molecule has 2 aromatic rings. The summed E-state index contributed by atoms with van der Waals surface area (Å²) >= 11 is 5.28. The molecule has 0 radical (unpaired) electrons. The summed E-state index contributed by atoms with van der Waals surface area (Å²) in [5.74, 6) is 0.859. The van der Waals surface area contributed by atoms with E-state index in [1.54, 1.807) is 0 Å². The van der Waals surface area contributed by atoms with Gasteiger partial charge in [-0.3, -0.25) is 0 Å². The van der Waals surface area contributed by atoms with E-state index >= 15 is 0 Å². The van der Waals surface area contributed by atoms with Crippen molar-refractivity contribution in [2.24, 2.45) is 0 Å². The molecule has 0 bridgehead atoms. The Labute approximate surface area is 149 Å². The smallest absolute Gasteiger partial charge is 0.170 e. The fourth-order valence-electron chi connectivity index (χ4n) is 2.12. The van der Waals surface area contributed by atoms with Gasteiger partial charge in [-0.15, -0.1) is 0 Å². The van der Waals surface area contributed by atoms with Gasteiger partial charge in [-0.05, 0) is 55.4 Å². The average Bonchev–Trinajstić information content (AvgIpc) is 2.61. The lowest BCUT2D eigenvalue weighted by Crippen LogP contribution is -2.29. The summed E-state index contributed by atoms with van der Waals surface area (Å²) in [5, 5.41) is 6.94. The average molecular weight is 344 g/mol. The van der Waals surface area contributed by atoms with Crippen LogP contribution in [0.15, 0.2) is 54.6 Å². The van der Waals surface area contributed by atoms with Crippen molar-refractivity contribution in [1.82, 2.24) is 5.32 Å². The van der Waals surface area contributed by atoms with E-state index in [9.17, 15) is 0 Å². The highest BCUT2D eigenvalue weighted by Gasteiger charge is 1.99. The lowest BCUT2D eigenvalue weighted by molar-refractivity contribution is 0.119. The van der Waals surface area contributed by atoms with E-state index in [0.717, 1.165) is 24.4 Å². The van der Waals surface area contributed by atoms with Crippen molar-refractivity contribution >= 4 is 23.0 Å². The SMILES string of the molecule is CCOc1ccc(NC(=S)NCCCOCc2ccccc2)cc1. The normalized spacial score (nSPS) is 10.2. The van der Waals surface area contributed by atoms with E-state index in [1.165, 1.54) is 5.56 Å². The highest BCUT2D eigenvalue weighted by atomic mass is 32.1. The first kappa shape index (κ1) is 18.2. The third kappa shape index (κ3) is 6.98. The zero-order valence-electron chi connectivity index (χ0n) is 14.0. The number of rotatable bonds is 9. The Hall–Kier alpha value is -2.11. The largest absolute Gasteiger partial charge is 0.494 e. The molecule has 128 valence electrons. The van der Waals surface area contributed by atoms with Gasteiger partial charge in [-0.2, -0.15) is 0 Å². The van der Waals surface area contributed by atoms with Crippen LogP contribution in [-0.2, 0) is 11.3 Å². The molecule has 0 aromatic heterocycles. The summed E-state index contributed by atoms with van der Waals surface area (Å²) in [5.41, 5.74) is 2.13. The third-order valence-corrected chi connectivity index (χ3v) is 3.53. The first-order valence-corrected chi connectivity index (χ1v) is 8.58. The van der Waals surface area contributed by atoms with Crippen LogP contribution in [0.2, 0.25) is 0 Å². The van der Waals surface area contributed by atoms with Crippen LogP contribution in [-0.4, -0.2) is 24.9 Å². The Morgan fingerprint density at radius 1 is 1.04 bits per heavy atom. The summed E-state index contributed by atoms with van der Waals surface area (Å²) in [6.45, 7) is 4.76. The summed E-state index contributed by atoms with van der Waals surface area (Å²) in [6.07, 6.45) is 0.901. The number of hydrogen-bond acceptors (Lipinski definition) is 3. The molecule has 0 heterocycles. The molecule has 2 rings (SSSR count). The molecule has 0 aliphatic rings. The van der Waals surface area contributed by atoms with Gasteiger partial charge in [0.2, 0.25) is 0 Å². The molecule has 0 saturated heterocycles. The number of benzene rings is 2. The minimum absolute atomic E-state index is 0.613. The first-order valence-electron chi connectivity index (χ1n) is 8.17. The molecule has 4 nitrogen and oxygen atoms in total. The van der Waals surface area contributed by atoms with Crippen LogP contribution in [0, 0.1) is 0 Å². The number of anilines is 1. The molecule has 0 amide bonds. The van der Waals surface area contributed by atoms with Gasteiger partial charge in [-0.1, -0.05) is 30.3 Å². The monoisotopic (exact) mass is 344 g/mol. The Morgan fingerprint density at radius 2 is 1.79 bits per heavy atom. The summed E-state index contributed by atoms with van der Waals surface area (Å²) < 4.78 is 11.0. The molecule has 0 saturated carbocycles. The summed E-state index contributed by atoms with van der Waals surface area (Å²) in [7, 11) is 0. The minimum atomic E-state index is 0.613. The lowest BCUT2D eigenvalue weighted by Gasteiger charge is -2.11. The minimum Gasteiger partial charge on any atom is -0.494 e. The van der Waals surface area contributed by atoms with E-state index in [0.29, 0.717) is 24.9 Å². The Balaban J connectivity index is 1.56. The van der Waals surface area contributed by atoms with Crippen molar-refractivity contribution in [2.75, 3.05) is 25.1 Å². The van der Waals surface area contributed by atoms with Crippen molar-refractivity contribution in [3.05, 3.63) is 60.2 Å². The van der Waals surface area contributed by atoms with Crippen LogP contribution in [0.3, 0.4) is 0 Å². The second-order valence-corrected chi connectivity index (χ2v) is 5.64. The van der Waals surface area contributed by atoms with E-state index in [4.69, 9.17) is 21.7 Å². The zero-order chi connectivity index (χ0) is 17.0. The Kier molecular flexibility index (Phi) is 8.07. The molecular weight excluding hydrogens is 320 g/mol. The predicted molar refractivity (Wildman–Crippen MR) is 103 cm³/mol. The highest BCUT2D eigenvalue weighted by Crippen LogP contribution is 2.15. The second-order valence-electron chi connectivity index (χ2n) is 5.23. The first-order chi connectivity index (χ1) is 11.8. The van der Waals surface area contributed by atoms with Crippen molar-refractivity contribution in [1.29, 1.82) is 0 Å². The molecule has 5 heteroatoms. The fraction of sp³-hybridized carbons (Fsp3) is 0.316. The zero-order valence-corrected chi connectivity index (χ0v) is 14.8. The van der Waals surface area contributed by atoms with Gasteiger partial charge in [-0.25, -0.2) is 0 Å². The van der Waals surface area contributed by atoms with Crippen LogP contribution in [0.1, 0.15) is 18.9 Å². The quantitative estimate of drug-likeness (QED) is 0.532. The van der Waals surface area contributed by atoms with Gasteiger partial charge < -0.3 is 20.1 Å². The standard InChI is InChI=1S/C19H24N2O2S/c1-2-23-18-11-9-17(10-12-18)21-19(24)20-13-6-14-22-15-16-7-4-3-5-8-16/h3-5,7-12H,2,6,13-15H2,1H3,(H2,20,21,24). The van der Waals surface area contributed by atoms with Crippen molar-refractivity contribution in [3.63, 3.8) is 0 Å². The van der Waals surface area contributed by atoms with Crippen LogP contribution < -0.4 is 15.4 Å². The van der Waals surface area contributed by atoms with Crippen LogP contribution in [0.4, 0.5) is 5.69 Å². The van der Waals surface area contributed by atoms with Crippen LogP contribution in [0.25, 0.3) is 0 Å². The molecule has 24 heavy (non-hydrogen) atoms. The van der Waals surface area contributed by atoms with Gasteiger partial charge in [0.05, 0.1) is 13.2 Å². The number of nitrogens with one attached hydrogen (secondary N) is 2. The molecule has 2 N–H and O–H groups in total. The second kappa shape index (κ2) is 10.6. The fourth-order valence-corrected chi connectivity index (χ4v) is 2.34. The van der Waals surface area contributed by atoms with Crippen molar-refractivity contribution in [2.45, 2.75) is 20.0 Å². The number of thiocarbonyl (C=S) groups is 1. The van der Waals surface area contributed by atoms with Crippen LogP contribution in [0.5, 0.6) is 5.75 Å². The van der Waals surface area contributed by atoms with Crippen molar-refractivity contribution in [3.8, 4) is 5.75 Å². The highest BCUT2D eigenvalue weighted by molar-refractivity contribution is 7.80. The third-order valence-electron chi connectivity index (χ3n) is 3.29. The maximum absolute atomic E-state index is 5.64. The number of ether oxygens (including phenoxy) is 2. The summed E-state index contributed by atoms with van der Waals surface area (Å²) in [4.78, 5) is 0. The van der Waals surface area contributed by atoms with Gasteiger partial charge in [0.1, 0.15) is 5.75 Å². The van der Waals surface area contributed by atoms with Gasteiger partial charge in [0.15, 0.2) is 5.11 Å². The lowest BCUT2D eigenvalue weighted by atomic mass is 10.2. The van der Waals surface area contributed by atoms with Gasteiger partial charge in [0.25, 0.3) is 0 Å². The molecule has 0 spiro atoms. The van der Waals surface area contributed by atoms with Gasteiger partial charge >= 0.3 is 0 Å². The van der Waals surface area contributed by atoms with E-state index < -0.39 is 0 Å². The maximum Gasteiger partial charge on any atom is 0.170 e. The Morgan fingerprint density at radius 3 is 2.50 bits per heavy atom. The Bertz CT molecular complexity index is 603. The van der Waals surface area contributed by atoms with E-state index in [2.05, 4.69) is 22.8 Å². The van der Waals surface area contributed by atoms with Crippen LogP contribution >= 0.6 is 12.2 Å². The molecule has 0 aliphatic heterocycles. The van der Waals surface area contributed by atoms with Gasteiger partial charge in [0, 0.05) is 18.8 Å². The predicted octanol–water partition coefficient (Wildman–Crippen LogP) is 3.98. The molecule has 2 aromatic carbocycles. The topological polar surface area (TPSA) is 42.5 Å². The molecule has 0 fully saturated rings. The number of hydrogen-bond donors (Lipinski definition) is 2. The molecule has 0 atom stereocenters. The molecule has 0 aliphatic carbocycles. The van der Waals surface area contributed by atoms with Crippen molar-refractivity contribution < 1.29 is 9.47 Å². The molecular formula is C19H24N2O2S. The van der Waals surface area contributed by atoms with E-state index in [-0.39, 0.29) is 0 Å². The maximum atomic E-state index is 5.64.